The molecule has 0 radical (unpaired) electrons. The van der Waals surface area contributed by atoms with Gasteiger partial charge in [-0.3, -0.25) is 0 Å². The number of rotatable bonds is 5. The molecule has 1 nitrogen and oxygen atoms in total. The van der Waals surface area contributed by atoms with Crippen molar-refractivity contribution in [3.8, 4) is 0 Å². The minimum atomic E-state index is -0.726. The first kappa shape index (κ1) is 15.3. The lowest BCUT2D eigenvalue weighted by molar-refractivity contribution is 0.198. The van der Waals surface area contributed by atoms with Crippen LogP contribution < -0.4 is 0 Å². The molecule has 0 fully saturated rings. The molecular formula is C15H13ClF2OS. The van der Waals surface area contributed by atoms with Crippen molar-refractivity contribution >= 4 is 23.4 Å². The predicted octanol–water partition coefficient (Wildman–Crippen LogP) is 4.31. The molecule has 0 aliphatic heterocycles. The summed E-state index contributed by atoms with van der Waals surface area (Å²) in [6.07, 6.45) is -0.583. The summed E-state index contributed by atoms with van der Waals surface area (Å²) in [6.45, 7) is 0. The Bertz CT molecular complexity index is 592. The van der Waals surface area contributed by atoms with E-state index >= 15 is 0 Å². The van der Waals surface area contributed by atoms with Crippen molar-refractivity contribution in [2.45, 2.75) is 17.4 Å². The molecule has 0 bridgehead atoms. The van der Waals surface area contributed by atoms with Crippen molar-refractivity contribution in [2.75, 3.05) is 5.75 Å². The number of hydrogen-bond acceptors (Lipinski definition) is 2. The van der Waals surface area contributed by atoms with Gasteiger partial charge < -0.3 is 5.11 Å². The van der Waals surface area contributed by atoms with Crippen molar-refractivity contribution in [3.63, 3.8) is 0 Å². The van der Waals surface area contributed by atoms with Crippen LogP contribution in [0.15, 0.2) is 47.4 Å². The van der Waals surface area contributed by atoms with E-state index in [1.165, 1.54) is 23.9 Å². The third-order valence-electron chi connectivity index (χ3n) is 2.74. The second-order valence-electron chi connectivity index (χ2n) is 4.34. The maximum Gasteiger partial charge on any atom is 0.129 e. The summed E-state index contributed by atoms with van der Waals surface area (Å²) in [5.74, 6) is -0.862. The molecule has 2 rings (SSSR count). The van der Waals surface area contributed by atoms with Crippen LogP contribution in [0.25, 0.3) is 0 Å². The number of benzene rings is 2. The van der Waals surface area contributed by atoms with Crippen LogP contribution in [0.1, 0.15) is 5.56 Å². The number of thioether (sulfide) groups is 1. The standard InChI is InChI=1S/C15H13ClF2OS/c16-13-3-1-2-4-15(13)20-9-12(19)7-10-5-6-11(17)8-14(10)18/h1-6,8,12,19H,7,9H2. The average molecular weight is 315 g/mol. The van der Waals surface area contributed by atoms with E-state index in [9.17, 15) is 13.9 Å². The van der Waals surface area contributed by atoms with Crippen molar-refractivity contribution in [1.82, 2.24) is 0 Å². The second kappa shape index (κ2) is 7.07. The summed E-state index contributed by atoms with van der Waals surface area (Å²) in [5.41, 5.74) is 0.304. The minimum absolute atomic E-state index is 0.142. The normalized spacial score (nSPS) is 12.4. The largest absolute Gasteiger partial charge is 0.392 e. The molecule has 0 aliphatic rings. The fourth-order valence-electron chi connectivity index (χ4n) is 1.75. The Hall–Kier alpha value is -1.10. The molecule has 0 saturated carbocycles. The molecule has 5 heteroatoms. The summed E-state index contributed by atoms with van der Waals surface area (Å²) in [5, 5.41) is 10.5. The van der Waals surface area contributed by atoms with E-state index in [-0.39, 0.29) is 6.42 Å². The molecule has 1 unspecified atom stereocenters. The maximum absolute atomic E-state index is 13.5. The van der Waals surface area contributed by atoms with Gasteiger partial charge in [-0.2, -0.15) is 0 Å². The van der Waals surface area contributed by atoms with Gasteiger partial charge in [0.25, 0.3) is 0 Å². The zero-order chi connectivity index (χ0) is 14.5. The van der Waals surface area contributed by atoms with Crippen LogP contribution in [0.4, 0.5) is 8.78 Å². The molecule has 2 aromatic rings. The molecule has 1 atom stereocenters. The number of aliphatic hydroxyl groups excluding tert-OH is 1. The Morgan fingerprint density at radius 2 is 1.90 bits per heavy atom. The van der Waals surface area contributed by atoms with E-state index in [1.54, 1.807) is 6.07 Å². The molecular weight excluding hydrogens is 302 g/mol. The highest BCUT2D eigenvalue weighted by Gasteiger charge is 2.11. The first-order valence-electron chi connectivity index (χ1n) is 6.05. The van der Waals surface area contributed by atoms with E-state index in [2.05, 4.69) is 0 Å². The molecule has 2 aromatic carbocycles. The first-order chi connectivity index (χ1) is 9.56. The third-order valence-corrected chi connectivity index (χ3v) is 4.40. The second-order valence-corrected chi connectivity index (χ2v) is 5.80. The molecule has 0 amide bonds. The van der Waals surface area contributed by atoms with Gasteiger partial charge in [0.15, 0.2) is 0 Å². The maximum atomic E-state index is 13.5. The summed E-state index contributed by atoms with van der Waals surface area (Å²) < 4.78 is 26.2. The van der Waals surface area contributed by atoms with E-state index in [0.29, 0.717) is 16.3 Å². The number of halogens is 3. The highest BCUT2D eigenvalue weighted by atomic mass is 35.5. The Morgan fingerprint density at radius 1 is 1.15 bits per heavy atom. The van der Waals surface area contributed by atoms with Crippen LogP contribution in [0.3, 0.4) is 0 Å². The van der Waals surface area contributed by atoms with Crippen molar-refractivity contribution in [1.29, 1.82) is 0 Å². The lowest BCUT2D eigenvalue weighted by atomic mass is 10.1. The third kappa shape index (κ3) is 4.20. The average Bonchev–Trinajstić information content (AvgIpc) is 2.41. The summed E-state index contributed by atoms with van der Waals surface area (Å²) >= 11 is 7.41. The predicted molar refractivity (Wildman–Crippen MR) is 78.2 cm³/mol. The van der Waals surface area contributed by atoms with Crippen LogP contribution in [-0.4, -0.2) is 17.0 Å². The Balaban J connectivity index is 1.92. The molecule has 1 N–H and O–H groups in total. The molecule has 0 saturated heterocycles. The smallest absolute Gasteiger partial charge is 0.129 e. The molecule has 0 spiro atoms. The van der Waals surface area contributed by atoms with Crippen LogP contribution in [0.2, 0.25) is 5.02 Å². The first-order valence-corrected chi connectivity index (χ1v) is 7.42. The monoisotopic (exact) mass is 314 g/mol. The van der Waals surface area contributed by atoms with Crippen LogP contribution in [-0.2, 0) is 6.42 Å². The van der Waals surface area contributed by atoms with Gasteiger partial charge in [-0.15, -0.1) is 11.8 Å². The fraction of sp³-hybridized carbons (Fsp3) is 0.200. The molecule has 20 heavy (non-hydrogen) atoms. The number of hydrogen-bond donors (Lipinski definition) is 1. The van der Waals surface area contributed by atoms with Gasteiger partial charge in [0.05, 0.1) is 11.1 Å². The molecule has 106 valence electrons. The van der Waals surface area contributed by atoms with E-state index in [4.69, 9.17) is 11.6 Å². The van der Waals surface area contributed by atoms with E-state index in [1.807, 2.05) is 18.2 Å². The van der Waals surface area contributed by atoms with Crippen LogP contribution in [0.5, 0.6) is 0 Å². The van der Waals surface area contributed by atoms with Gasteiger partial charge in [0.2, 0.25) is 0 Å². The van der Waals surface area contributed by atoms with Gasteiger partial charge in [-0.1, -0.05) is 29.8 Å². The van der Waals surface area contributed by atoms with Crippen LogP contribution in [0, 0.1) is 11.6 Å². The van der Waals surface area contributed by atoms with E-state index in [0.717, 1.165) is 11.0 Å². The summed E-state index contributed by atoms with van der Waals surface area (Å²) in [4.78, 5) is 0.868. The van der Waals surface area contributed by atoms with Crippen LogP contribution >= 0.6 is 23.4 Å². The van der Waals surface area contributed by atoms with Crippen molar-refractivity contribution in [3.05, 3.63) is 64.7 Å². The van der Waals surface area contributed by atoms with Crippen molar-refractivity contribution in [2.24, 2.45) is 0 Å². The highest BCUT2D eigenvalue weighted by Crippen LogP contribution is 2.27. The lowest BCUT2D eigenvalue weighted by Gasteiger charge is -2.11. The van der Waals surface area contributed by atoms with Gasteiger partial charge in [0.1, 0.15) is 11.6 Å². The van der Waals surface area contributed by atoms with E-state index < -0.39 is 17.7 Å². The Kier molecular flexibility index (Phi) is 5.40. The van der Waals surface area contributed by atoms with Gasteiger partial charge in [0, 0.05) is 23.1 Å². The Labute approximate surface area is 125 Å². The van der Waals surface area contributed by atoms with Gasteiger partial charge in [-0.05, 0) is 23.8 Å². The highest BCUT2D eigenvalue weighted by molar-refractivity contribution is 7.99. The van der Waals surface area contributed by atoms with Crippen molar-refractivity contribution < 1.29 is 13.9 Å². The number of aliphatic hydroxyl groups is 1. The zero-order valence-corrected chi connectivity index (χ0v) is 12.1. The molecule has 0 aromatic heterocycles. The fourth-order valence-corrected chi connectivity index (χ4v) is 2.92. The molecule has 0 aliphatic carbocycles. The van der Waals surface area contributed by atoms with Gasteiger partial charge in [-0.25, -0.2) is 8.78 Å². The SMILES string of the molecule is OC(CSc1ccccc1Cl)Cc1ccc(F)cc1F. The zero-order valence-electron chi connectivity index (χ0n) is 10.5. The topological polar surface area (TPSA) is 20.2 Å². The Morgan fingerprint density at radius 3 is 2.60 bits per heavy atom. The minimum Gasteiger partial charge on any atom is -0.392 e. The summed E-state index contributed by atoms with van der Waals surface area (Å²) in [7, 11) is 0. The quantitative estimate of drug-likeness (QED) is 0.830. The molecule has 0 heterocycles. The summed E-state index contributed by atoms with van der Waals surface area (Å²) in [6, 6.07) is 10.7. The lowest BCUT2D eigenvalue weighted by Crippen LogP contribution is -2.14. The van der Waals surface area contributed by atoms with Gasteiger partial charge >= 0.3 is 0 Å².